The lowest BCUT2D eigenvalue weighted by atomic mass is 10.1. The monoisotopic (exact) mass is 532 g/mol. The Balaban J connectivity index is 0.00000841. The smallest absolute Gasteiger partial charge is 0.251 e. The summed E-state index contributed by atoms with van der Waals surface area (Å²) in [4.78, 5) is 29.3. The number of nitrogens with zero attached hydrogens (tertiary/aromatic N) is 2. The molecule has 1 aromatic carbocycles. The van der Waals surface area contributed by atoms with Gasteiger partial charge in [-0.2, -0.15) is 0 Å². The lowest BCUT2D eigenvalue weighted by molar-refractivity contribution is -0.117. The summed E-state index contributed by atoms with van der Waals surface area (Å²) < 4.78 is 0. The van der Waals surface area contributed by atoms with Crippen molar-refractivity contribution in [3.05, 3.63) is 35.4 Å². The molecule has 170 valence electrons. The average Bonchev–Trinajstić information content (AvgIpc) is 2.68. The molecule has 8 nitrogen and oxygen atoms in total. The van der Waals surface area contributed by atoms with Crippen molar-refractivity contribution in [1.29, 1.82) is 0 Å². The summed E-state index contributed by atoms with van der Waals surface area (Å²) in [6.45, 7) is 11.2. The molecular weight excluding hydrogens is 495 g/mol. The second-order valence-electron chi connectivity index (χ2n) is 7.48. The number of carbonyl (C=O) groups excluding carboxylic acids is 2. The highest BCUT2D eigenvalue weighted by Gasteiger charge is 2.12. The van der Waals surface area contributed by atoms with E-state index in [4.69, 9.17) is 5.73 Å². The number of carbonyl (C=O) groups is 2. The molecule has 9 heteroatoms. The number of guanidine groups is 1. The molecule has 0 aromatic heterocycles. The summed E-state index contributed by atoms with van der Waals surface area (Å²) in [6, 6.07) is 8.23. The second kappa shape index (κ2) is 15.0. The highest BCUT2D eigenvalue weighted by molar-refractivity contribution is 14.0. The Labute approximate surface area is 197 Å². The van der Waals surface area contributed by atoms with Crippen LogP contribution < -0.4 is 21.7 Å². The summed E-state index contributed by atoms with van der Waals surface area (Å²) in [7, 11) is 1.75. The molecule has 1 aromatic rings. The quantitative estimate of drug-likeness (QED) is 0.150. The van der Waals surface area contributed by atoms with Crippen molar-refractivity contribution in [1.82, 2.24) is 20.9 Å². The molecule has 0 atom stereocenters. The summed E-state index contributed by atoms with van der Waals surface area (Å²) >= 11 is 0. The number of halogens is 1. The van der Waals surface area contributed by atoms with Gasteiger partial charge in [-0.15, -0.1) is 24.0 Å². The van der Waals surface area contributed by atoms with Gasteiger partial charge in [0.2, 0.25) is 5.91 Å². The van der Waals surface area contributed by atoms with Gasteiger partial charge in [0, 0.05) is 44.3 Å². The van der Waals surface area contributed by atoms with Crippen molar-refractivity contribution in [2.45, 2.75) is 52.7 Å². The fourth-order valence-corrected chi connectivity index (χ4v) is 3.03. The molecule has 0 bridgehead atoms. The van der Waals surface area contributed by atoms with Gasteiger partial charge in [-0.3, -0.25) is 19.5 Å². The first-order valence-electron chi connectivity index (χ1n) is 10.1. The van der Waals surface area contributed by atoms with E-state index in [1.807, 2.05) is 12.1 Å². The van der Waals surface area contributed by atoms with Gasteiger partial charge in [0.15, 0.2) is 5.96 Å². The Morgan fingerprint density at radius 3 is 2.13 bits per heavy atom. The molecule has 0 heterocycles. The highest BCUT2D eigenvalue weighted by atomic mass is 127. The first kappa shape index (κ1) is 28.1. The van der Waals surface area contributed by atoms with Crippen molar-refractivity contribution < 1.29 is 9.59 Å². The number of hydrogen-bond donors (Lipinski definition) is 4. The number of hydrogen-bond acceptors (Lipinski definition) is 4. The lowest BCUT2D eigenvalue weighted by Crippen LogP contribution is -2.41. The maximum atomic E-state index is 11.9. The minimum Gasteiger partial charge on any atom is -0.368 e. The standard InChI is InChI=1S/C21H36N6O2.HI/c1-15(2)27(16(3)4)12-6-11-24-21(23-5)26-13-17-7-9-18(10-8-17)20(29)25-14-19(22)28;/h7-10,15-16H,6,11-14H2,1-5H3,(H2,22,28)(H,25,29)(H2,23,24,26);1H. The topological polar surface area (TPSA) is 112 Å². The Hall–Kier alpha value is -1.88. The predicted octanol–water partition coefficient (Wildman–Crippen LogP) is 1.69. The van der Waals surface area contributed by atoms with Gasteiger partial charge >= 0.3 is 0 Å². The predicted molar refractivity (Wildman–Crippen MR) is 133 cm³/mol. The molecule has 30 heavy (non-hydrogen) atoms. The Kier molecular flexibility index (Phi) is 14.1. The van der Waals surface area contributed by atoms with Crippen LogP contribution in [0.4, 0.5) is 0 Å². The zero-order chi connectivity index (χ0) is 21.8. The second-order valence-corrected chi connectivity index (χ2v) is 7.48. The van der Waals surface area contributed by atoms with Crippen LogP contribution in [0, 0.1) is 0 Å². The van der Waals surface area contributed by atoms with Crippen molar-refractivity contribution >= 4 is 41.8 Å². The maximum absolute atomic E-state index is 11.9. The number of nitrogens with two attached hydrogens (primary N) is 1. The van der Waals surface area contributed by atoms with Crippen LogP contribution in [0.3, 0.4) is 0 Å². The third-order valence-electron chi connectivity index (χ3n) is 4.53. The summed E-state index contributed by atoms with van der Waals surface area (Å²) in [6.07, 6.45) is 1.03. The van der Waals surface area contributed by atoms with Crippen LogP contribution in [0.25, 0.3) is 0 Å². The van der Waals surface area contributed by atoms with Gasteiger partial charge in [0.1, 0.15) is 0 Å². The van der Waals surface area contributed by atoms with E-state index in [1.54, 1.807) is 19.2 Å². The van der Waals surface area contributed by atoms with E-state index in [0.717, 1.165) is 31.0 Å². The van der Waals surface area contributed by atoms with E-state index in [2.05, 4.69) is 53.5 Å². The molecule has 0 aliphatic heterocycles. The SMILES string of the molecule is CN=C(NCCCN(C(C)C)C(C)C)NCc1ccc(C(=O)NCC(N)=O)cc1.I. The van der Waals surface area contributed by atoms with Crippen molar-refractivity contribution in [2.75, 3.05) is 26.7 Å². The van der Waals surface area contributed by atoms with Crippen molar-refractivity contribution in [2.24, 2.45) is 10.7 Å². The first-order valence-corrected chi connectivity index (χ1v) is 10.1. The third kappa shape index (κ3) is 10.8. The largest absolute Gasteiger partial charge is 0.368 e. The van der Waals surface area contributed by atoms with Crippen molar-refractivity contribution in [3.63, 3.8) is 0 Å². The summed E-state index contributed by atoms with van der Waals surface area (Å²) in [5, 5.41) is 9.07. The third-order valence-corrected chi connectivity index (χ3v) is 4.53. The average molecular weight is 532 g/mol. The first-order chi connectivity index (χ1) is 13.7. The van der Waals surface area contributed by atoms with Crippen LogP contribution in [0.5, 0.6) is 0 Å². The molecule has 0 aliphatic carbocycles. The molecule has 2 amide bonds. The fourth-order valence-electron chi connectivity index (χ4n) is 3.03. The van der Waals surface area contributed by atoms with Gasteiger partial charge in [0.25, 0.3) is 5.91 Å². The van der Waals surface area contributed by atoms with Crippen LogP contribution in [0.2, 0.25) is 0 Å². The van der Waals surface area contributed by atoms with E-state index in [9.17, 15) is 9.59 Å². The molecule has 1 rings (SSSR count). The van der Waals surface area contributed by atoms with E-state index >= 15 is 0 Å². The van der Waals surface area contributed by atoms with Gasteiger partial charge < -0.3 is 21.7 Å². The molecule has 0 spiro atoms. The van der Waals surface area contributed by atoms with Gasteiger partial charge in [-0.1, -0.05) is 12.1 Å². The summed E-state index contributed by atoms with van der Waals surface area (Å²) in [5.41, 5.74) is 6.53. The Morgan fingerprint density at radius 1 is 1.03 bits per heavy atom. The number of aliphatic imine (C=N–C) groups is 1. The molecule has 5 N–H and O–H groups in total. The van der Waals surface area contributed by atoms with Crippen LogP contribution in [0.15, 0.2) is 29.3 Å². The fraction of sp³-hybridized carbons (Fsp3) is 0.571. The van der Waals surface area contributed by atoms with Crippen LogP contribution in [0.1, 0.15) is 50.0 Å². The van der Waals surface area contributed by atoms with E-state index in [1.165, 1.54) is 0 Å². The Bertz CT molecular complexity index is 669. The van der Waals surface area contributed by atoms with E-state index in [0.29, 0.717) is 24.2 Å². The lowest BCUT2D eigenvalue weighted by Gasteiger charge is -2.30. The molecule has 0 radical (unpaired) electrons. The zero-order valence-electron chi connectivity index (χ0n) is 18.7. The summed E-state index contributed by atoms with van der Waals surface area (Å²) in [5.74, 6) is -0.147. The molecular formula is C21H37IN6O2. The van der Waals surface area contributed by atoms with Gasteiger partial charge in [-0.05, 0) is 51.8 Å². The maximum Gasteiger partial charge on any atom is 0.251 e. The Morgan fingerprint density at radius 2 is 1.63 bits per heavy atom. The number of rotatable bonds is 11. The van der Waals surface area contributed by atoms with Crippen molar-refractivity contribution in [3.8, 4) is 0 Å². The number of amides is 2. The minimum absolute atomic E-state index is 0. The number of nitrogens with one attached hydrogen (secondary N) is 3. The zero-order valence-corrected chi connectivity index (χ0v) is 21.0. The molecule has 0 aliphatic rings. The molecule has 0 fully saturated rings. The van der Waals surface area contributed by atoms with Crippen LogP contribution in [-0.4, -0.2) is 61.4 Å². The van der Waals surface area contributed by atoms with Gasteiger partial charge in [0.05, 0.1) is 6.54 Å². The number of benzene rings is 1. The van der Waals surface area contributed by atoms with Crippen LogP contribution >= 0.6 is 24.0 Å². The molecule has 0 saturated heterocycles. The minimum atomic E-state index is -0.570. The van der Waals surface area contributed by atoms with E-state index in [-0.39, 0.29) is 36.4 Å². The van der Waals surface area contributed by atoms with Gasteiger partial charge in [-0.25, -0.2) is 0 Å². The van der Waals surface area contributed by atoms with E-state index < -0.39 is 5.91 Å². The normalized spacial score (nSPS) is 11.4. The molecule has 0 unspecified atom stereocenters. The number of primary amides is 1. The van der Waals surface area contributed by atoms with Crippen LogP contribution in [-0.2, 0) is 11.3 Å². The molecule has 0 saturated carbocycles. The highest BCUT2D eigenvalue weighted by Crippen LogP contribution is 2.06.